The summed E-state index contributed by atoms with van der Waals surface area (Å²) >= 11 is 1.55. The molecule has 1 fully saturated rings. The Morgan fingerprint density at radius 3 is 2.79 bits per heavy atom. The summed E-state index contributed by atoms with van der Waals surface area (Å²) < 4.78 is 34.9. The fraction of sp³-hybridized carbons (Fsp3) is 0.217. The van der Waals surface area contributed by atoms with Crippen molar-refractivity contribution in [3.8, 4) is 5.75 Å². The molecule has 33 heavy (non-hydrogen) atoms. The van der Waals surface area contributed by atoms with Crippen molar-refractivity contribution in [3.05, 3.63) is 59.6 Å². The van der Waals surface area contributed by atoms with Crippen molar-refractivity contribution in [1.29, 1.82) is 0 Å². The van der Waals surface area contributed by atoms with E-state index in [4.69, 9.17) is 10.5 Å². The quantitative estimate of drug-likeness (QED) is 0.436. The minimum atomic E-state index is -3.87. The number of nitrogens with zero attached hydrogens (tertiary/aromatic N) is 2. The highest BCUT2D eigenvalue weighted by Gasteiger charge is 2.35. The zero-order valence-corrected chi connectivity index (χ0v) is 19.4. The van der Waals surface area contributed by atoms with E-state index in [2.05, 4.69) is 9.71 Å². The predicted molar refractivity (Wildman–Crippen MR) is 129 cm³/mol. The summed E-state index contributed by atoms with van der Waals surface area (Å²) in [6.45, 7) is 0.883. The van der Waals surface area contributed by atoms with Crippen LogP contribution in [-0.2, 0) is 21.4 Å². The second-order valence-electron chi connectivity index (χ2n) is 7.92. The fourth-order valence-corrected chi connectivity index (χ4v) is 6.40. The number of benzene rings is 2. The third kappa shape index (κ3) is 4.12. The SMILES string of the molecule is COc1ccc2ccc(S(=O)(=O)NC3CCN(Cc4cc5c(N)nccc5s4)C3=O)cc2c1. The number of carbonyl (C=O) groups excluding carboxylic acids is 1. The Morgan fingerprint density at radius 2 is 2.00 bits per heavy atom. The third-order valence-corrected chi connectivity index (χ3v) is 8.35. The normalized spacial score (nSPS) is 16.7. The second-order valence-corrected chi connectivity index (χ2v) is 10.8. The van der Waals surface area contributed by atoms with Gasteiger partial charge in [-0.1, -0.05) is 12.1 Å². The number of nitrogen functional groups attached to an aromatic ring is 1. The number of hydrogen-bond donors (Lipinski definition) is 2. The van der Waals surface area contributed by atoms with Crippen molar-refractivity contribution in [2.75, 3.05) is 19.4 Å². The fourth-order valence-electron chi connectivity index (χ4n) is 4.06. The summed E-state index contributed by atoms with van der Waals surface area (Å²) in [7, 11) is -2.31. The maximum atomic E-state index is 13.0. The van der Waals surface area contributed by atoms with Crippen LogP contribution >= 0.6 is 11.3 Å². The maximum Gasteiger partial charge on any atom is 0.241 e. The van der Waals surface area contributed by atoms with Gasteiger partial charge in [0.1, 0.15) is 17.6 Å². The van der Waals surface area contributed by atoms with E-state index < -0.39 is 16.1 Å². The number of carbonyl (C=O) groups is 1. The number of methoxy groups -OCH3 is 1. The molecule has 0 bridgehead atoms. The van der Waals surface area contributed by atoms with Crippen molar-refractivity contribution >= 4 is 53.9 Å². The lowest BCUT2D eigenvalue weighted by Crippen LogP contribution is -2.41. The van der Waals surface area contributed by atoms with E-state index in [0.29, 0.717) is 31.1 Å². The molecule has 0 aliphatic carbocycles. The van der Waals surface area contributed by atoms with E-state index in [1.165, 1.54) is 0 Å². The van der Waals surface area contributed by atoms with Crippen LogP contribution in [0.4, 0.5) is 5.82 Å². The number of thiophene rings is 1. The number of rotatable bonds is 6. The number of sulfonamides is 1. The topological polar surface area (TPSA) is 115 Å². The van der Waals surface area contributed by atoms with Crippen LogP contribution in [0.1, 0.15) is 11.3 Å². The average Bonchev–Trinajstić information content (AvgIpc) is 3.37. The second kappa shape index (κ2) is 8.29. The van der Waals surface area contributed by atoms with Crippen LogP contribution in [0, 0.1) is 0 Å². The van der Waals surface area contributed by atoms with Gasteiger partial charge in [0.2, 0.25) is 15.9 Å². The first kappa shape index (κ1) is 21.6. The number of nitrogens with one attached hydrogen (secondary N) is 1. The van der Waals surface area contributed by atoms with Crippen LogP contribution in [0.2, 0.25) is 0 Å². The number of nitrogens with two attached hydrogens (primary N) is 1. The molecule has 3 heterocycles. The lowest BCUT2D eigenvalue weighted by Gasteiger charge is -2.16. The van der Waals surface area contributed by atoms with Gasteiger partial charge in [-0.2, -0.15) is 4.72 Å². The lowest BCUT2D eigenvalue weighted by molar-refractivity contribution is -0.129. The Labute approximate surface area is 195 Å². The maximum absolute atomic E-state index is 13.0. The van der Waals surface area contributed by atoms with E-state index in [1.54, 1.807) is 53.8 Å². The highest BCUT2D eigenvalue weighted by molar-refractivity contribution is 7.89. The van der Waals surface area contributed by atoms with Gasteiger partial charge in [-0.15, -0.1) is 11.3 Å². The van der Waals surface area contributed by atoms with Crippen molar-refractivity contribution in [2.45, 2.75) is 23.9 Å². The van der Waals surface area contributed by atoms with Crippen LogP contribution in [0.25, 0.3) is 20.9 Å². The van der Waals surface area contributed by atoms with Crippen LogP contribution in [0.15, 0.2) is 59.6 Å². The van der Waals surface area contributed by atoms with E-state index in [0.717, 1.165) is 25.7 Å². The molecule has 1 amide bonds. The molecule has 1 unspecified atom stereocenters. The Hall–Kier alpha value is -3.21. The highest BCUT2D eigenvalue weighted by atomic mass is 32.2. The largest absolute Gasteiger partial charge is 0.497 e. The molecule has 1 aliphatic rings. The zero-order chi connectivity index (χ0) is 23.2. The Kier molecular flexibility index (Phi) is 5.43. The van der Waals surface area contributed by atoms with Gasteiger partial charge in [0.05, 0.1) is 18.6 Å². The molecule has 1 saturated heterocycles. The molecule has 8 nitrogen and oxygen atoms in total. The summed E-state index contributed by atoms with van der Waals surface area (Å²) in [4.78, 5) is 19.8. The Morgan fingerprint density at radius 1 is 1.18 bits per heavy atom. The average molecular weight is 483 g/mol. The van der Waals surface area contributed by atoms with E-state index >= 15 is 0 Å². The van der Waals surface area contributed by atoms with Crippen LogP contribution < -0.4 is 15.2 Å². The van der Waals surface area contributed by atoms with E-state index in [9.17, 15) is 13.2 Å². The van der Waals surface area contributed by atoms with Crippen LogP contribution in [-0.4, -0.2) is 43.9 Å². The van der Waals surface area contributed by atoms with Gasteiger partial charge in [0.25, 0.3) is 0 Å². The van der Waals surface area contributed by atoms with E-state index in [-0.39, 0.29) is 10.8 Å². The van der Waals surface area contributed by atoms with Gasteiger partial charge in [0.15, 0.2) is 0 Å². The summed E-state index contributed by atoms with van der Waals surface area (Å²) in [5.41, 5.74) is 5.93. The van der Waals surface area contributed by atoms with Crippen LogP contribution in [0.3, 0.4) is 0 Å². The molecule has 2 aromatic heterocycles. The van der Waals surface area contributed by atoms with Crippen molar-refractivity contribution in [1.82, 2.24) is 14.6 Å². The smallest absolute Gasteiger partial charge is 0.241 e. The molecule has 10 heteroatoms. The Bertz CT molecular complexity index is 1480. The minimum absolute atomic E-state index is 0.113. The first-order chi connectivity index (χ1) is 15.8. The molecule has 3 N–H and O–H groups in total. The van der Waals surface area contributed by atoms with Crippen molar-refractivity contribution in [2.24, 2.45) is 0 Å². The van der Waals surface area contributed by atoms with Gasteiger partial charge in [-0.3, -0.25) is 4.79 Å². The summed E-state index contributed by atoms with van der Waals surface area (Å²) in [6.07, 6.45) is 2.07. The highest BCUT2D eigenvalue weighted by Crippen LogP contribution is 2.30. The number of fused-ring (bicyclic) bond motifs is 2. The number of pyridine rings is 1. The zero-order valence-electron chi connectivity index (χ0n) is 17.8. The molecule has 4 aromatic rings. The lowest BCUT2D eigenvalue weighted by atomic mass is 10.1. The third-order valence-electron chi connectivity index (χ3n) is 5.80. The molecular formula is C23H22N4O4S2. The standard InChI is InChI=1S/C23H22N4O4S2/c1-31-16-4-2-14-3-5-18(11-15(14)10-16)33(29,30)26-20-7-9-27(23(20)28)13-17-12-19-21(32-17)6-8-25-22(19)24/h2-6,8,10-12,20,26H,7,9,13H2,1H3,(H2,24,25). The van der Waals surface area contributed by atoms with Gasteiger partial charge in [0, 0.05) is 27.7 Å². The number of likely N-dealkylation sites (tertiary alicyclic amines) is 1. The molecule has 0 saturated carbocycles. The summed E-state index contributed by atoms with van der Waals surface area (Å²) in [5, 5.41) is 2.52. The first-order valence-corrected chi connectivity index (χ1v) is 12.7. The number of amides is 1. The van der Waals surface area contributed by atoms with Crippen LogP contribution in [0.5, 0.6) is 5.75 Å². The van der Waals surface area contributed by atoms with Gasteiger partial charge >= 0.3 is 0 Å². The molecule has 0 spiro atoms. The molecule has 0 radical (unpaired) electrons. The van der Waals surface area contributed by atoms with Gasteiger partial charge in [-0.25, -0.2) is 13.4 Å². The number of aromatic nitrogens is 1. The van der Waals surface area contributed by atoms with E-state index in [1.807, 2.05) is 24.3 Å². The predicted octanol–water partition coefficient (Wildman–Crippen LogP) is 3.12. The summed E-state index contributed by atoms with van der Waals surface area (Å²) in [5.74, 6) is 0.872. The first-order valence-electron chi connectivity index (χ1n) is 10.4. The number of hydrogen-bond acceptors (Lipinski definition) is 7. The minimum Gasteiger partial charge on any atom is -0.497 e. The van der Waals surface area contributed by atoms with Gasteiger partial charge < -0.3 is 15.4 Å². The molecule has 1 aliphatic heterocycles. The molecule has 5 rings (SSSR count). The van der Waals surface area contributed by atoms with Crippen molar-refractivity contribution in [3.63, 3.8) is 0 Å². The monoisotopic (exact) mass is 482 g/mol. The number of anilines is 1. The van der Waals surface area contributed by atoms with Crippen molar-refractivity contribution < 1.29 is 17.9 Å². The summed E-state index contributed by atoms with van der Waals surface area (Å²) in [6, 6.07) is 13.4. The molecular weight excluding hydrogens is 460 g/mol. The Balaban J connectivity index is 1.32. The molecule has 2 aromatic carbocycles. The number of ether oxygens (including phenoxy) is 1. The molecule has 170 valence electrons. The van der Waals surface area contributed by atoms with Gasteiger partial charge in [-0.05, 0) is 53.6 Å². The molecule has 1 atom stereocenters.